The van der Waals surface area contributed by atoms with Gasteiger partial charge in [0.05, 0.1) is 24.4 Å². The molecule has 3 heterocycles. The van der Waals surface area contributed by atoms with Gasteiger partial charge >= 0.3 is 0 Å². The zero-order valence-electron chi connectivity index (χ0n) is 16.6. The number of benzene rings is 1. The number of hydrogen-bond donors (Lipinski definition) is 1. The van der Waals surface area contributed by atoms with Crippen molar-refractivity contribution in [2.45, 2.75) is 12.6 Å². The first-order valence-corrected chi connectivity index (χ1v) is 9.65. The number of hydrogen-bond acceptors (Lipinski definition) is 6. The predicted molar refractivity (Wildman–Crippen MR) is 113 cm³/mol. The molecule has 0 aliphatic carbocycles. The molecule has 1 N–H and O–H groups in total. The molecule has 31 heavy (non-hydrogen) atoms. The number of rotatable bonds is 7. The Morgan fingerprint density at radius 1 is 1.19 bits per heavy atom. The molecular formula is C24H20N2O5. The van der Waals surface area contributed by atoms with Crippen molar-refractivity contribution >= 4 is 17.4 Å². The maximum absolute atomic E-state index is 13.0. The Balaban J connectivity index is 1.77. The smallest absolute Gasteiger partial charge is 0.296 e. The van der Waals surface area contributed by atoms with Gasteiger partial charge in [0, 0.05) is 18.0 Å². The minimum absolute atomic E-state index is 0.00400. The number of carbonyl (C=O) groups excluding carboxylic acids is 2. The van der Waals surface area contributed by atoms with Crippen LogP contribution in [0.4, 0.5) is 0 Å². The van der Waals surface area contributed by atoms with Gasteiger partial charge in [-0.3, -0.25) is 14.6 Å². The number of aliphatic hydroxyl groups is 1. The van der Waals surface area contributed by atoms with E-state index in [2.05, 4.69) is 11.6 Å². The first-order valence-electron chi connectivity index (χ1n) is 9.65. The molecule has 0 spiro atoms. The number of amides is 1. The standard InChI is InChI=1S/C24H20N2O5/c1-2-12-30-18-9-7-16(8-10-18)22(27)20-21(17-5-3-11-25-14-17)26(24(29)23(20)28)15-19-6-4-13-31-19/h2-11,13-14,21,27H,1,12,15H2/b22-20+. The monoisotopic (exact) mass is 416 g/mol. The molecule has 1 fully saturated rings. The average Bonchev–Trinajstić information content (AvgIpc) is 3.40. The number of Topliss-reactive ketones (excluding diaryl/α,β-unsaturated/α-hetero) is 1. The van der Waals surface area contributed by atoms with Crippen molar-refractivity contribution in [1.82, 2.24) is 9.88 Å². The van der Waals surface area contributed by atoms with E-state index in [1.807, 2.05) is 0 Å². The van der Waals surface area contributed by atoms with E-state index in [0.29, 0.717) is 29.2 Å². The molecule has 2 aromatic heterocycles. The number of pyridine rings is 1. The minimum Gasteiger partial charge on any atom is -0.507 e. The lowest BCUT2D eigenvalue weighted by Gasteiger charge is -2.24. The summed E-state index contributed by atoms with van der Waals surface area (Å²) in [7, 11) is 0. The first kappa shape index (κ1) is 20.2. The second-order valence-corrected chi connectivity index (χ2v) is 6.92. The topological polar surface area (TPSA) is 92.9 Å². The second kappa shape index (κ2) is 8.71. The van der Waals surface area contributed by atoms with Crippen LogP contribution in [0.25, 0.3) is 5.76 Å². The molecule has 1 unspecified atom stereocenters. The van der Waals surface area contributed by atoms with Gasteiger partial charge < -0.3 is 19.2 Å². The van der Waals surface area contributed by atoms with Gasteiger partial charge in [-0.2, -0.15) is 0 Å². The molecule has 156 valence electrons. The maximum atomic E-state index is 13.0. The number of aromatic nitrogens is 1. The highest BCUT2D eigenvalue weighted by atomic mass is 16.5. The van der Waals surface area contributed by atoms with Crippen LogP contribution in [-0.4, -0.2) is 33.3 Å². The fourth-order valence-electron chi connectivity index (χ4n) is 3.52. The van der Waals surface area contributed by atoms with Gasteiger partial charge in [0.2, 0.25) is 0 Å². The number of nitrogens with zero attached hydrogens (tertiary/aromatic N) is 2. The van der Waals surface area contributed by atoms with E-state index in [1.54, 1.807) is 67.0 Å². The van der Waals surface area contributed by atoms with E-state index in [4.69, 9.17) is 9.15 Å². The quantitative estimate of drug-likeness (QED) is 0.272. The van der Waals surface area contributed by atoms with Crippen molar-refractivity contribution < 1.29 is 23.8 Å². The van der Waals surface area contributed by atoms with Crippen LogP contribution in [0.2, 0.25) is 0 Å². The largest absolute Gasteiger partial charge is 0.507 e. The third-order valence-electron chi connectivity index (χ3n) is 4.94. The van der Waals surface area contributed by atoms with Crippen LogP contribution in [0, 0.1) is 0 Å². The Bertz CT molecular complexity index is 1120. The lowest BCUT2D eigenvalue weighted by Crippen LogP contribution is -2.29. The SMILES string of the molecule is C=CCOc1ccc(/C(O)=C2\C(=O)C(=O)N(Cc3ccco3)C2c2cccnc2)cc1. The summed E-state index contributed by atoms with van der Waals surface area (Å²) in [5.41, 5.74) is 1.01. The lowest BCUT2D eigenvalue weighted by atomic mass is 9.96. The Morgan fingerprint density at radius 3 is 2.65 bits per heavy atom. The molecule has 1 saturated heterocycles. The summed E-state index contributed by atoms with van der Waals surface area (Å²) in [6.45, 7) is 4.04. The summed E-state index contributed by atoms with van der Waals surface area (Å²) < 4.78 is 10.8. The molecule has 1 aromatic carbocycles. The second-order valence-electron chi connectivity index (χ2n) is 6.92. The van der Waals surface area contributed by atoms with Crippen LogP contribution in [-0.2, 0) is 16.1 Å². The van der Waals surface area contributed by atoms with E-state index >= 15 is 0 Å². The summed E-state index contributed by atoms with van der Waals surface area (Å²) in [6.07, 6.45) is 6.30. The van der Waals surface area contributed by atoms with Crippen LogP contribution in [0.1, 0.15) is 22.9 Å². The summed E-state index contributed by atoms with van der Waals surface area (Å²) in [5, 5.41) is 11.0. The van der Waals surface area contributed by atoms with Gasteiger partial charge in [-0.1, -0.05) is 18.7 Å². The third-order valence-corrected chi connectivity index (χ3v) is 4.94. The molecule has 0 bridgehead atoms. The number of aliphatic hydroxyl groups excluding tert-OH is 1. The van der Waals surface area contributed by atoms with Gasteiger partial charge in [0.25, 0.3) is 11.7 Å². The molecule has 1 atom stereocenters. The highest BCUT2D eigenvalue weighted by Gasteiger charge is 2.46. The molecule has 3 aromatic rings. The van der Waals surface area contributed by atoms with Gasteiger partial charge in [0.15, 0.2) is 0 Å². The zero-order chi connectivity index (χ0) is 21.8. The van der Waals surface area contributed by atoms with Crippen molar-refractivity contribution in [1.29, 1.82) is 0 Å². The van der Waals surface area contributed by atoms with Crippen molar-refractivity contribution in [2.24, 2.45) is 0 Å². The van der Waals surface area contributed by atoms with Crippen LogP contribution in [0.3, 0.4) is 0 Å². The Kier molecular flexibility index (Phi) is 5.66. The average molecular weight is 416 g/mol. The van der Waals surface area contributed by atoms with E-state index in [0.717, 1.165) is 0 Å². The number of furan rings is 1. The zero-order valence-corrected chi connectivity index (χ0v) is 16.6. The van der Waals surface area contributed by atoms with Crippen LogP contribution < -0.4 is 4.74 Å². The molecule has 7 nitrogen and oxygen atoms in total. The maximum Gasteiger partial charge on any atom is 0.296 e. The van der Waals surface area contributed by atoms with Crippen LogP contribution >= 0.6 is 0 Å². The normalized spacial score (nSPS) is 17.7. The van der Waals surface area contributed by atoms with Gasteiger partial charge in [-0.15, -0.1) is 0 Å². The summed E-state index contributed by atoms with van der Waals surface area (Å²) in [5.74, 6) is -0.606. The molecule has 1 aliphatic heterocycles. The number of carbonyl (C=O) groups is 2. The van der Waals surface area contributed by atoms with Crippen molar-refractivity contribution in [3.8, 4) is 5.75 Å². The Morgan fingerprint density at radius 2 is 2.00 bits per heavy atom. The van der Waals surface area contributed by atoms with Gasteiger partial charge in [0.1, 0.15) is 23.9 Å². The Labute approximate surface area is 178 Å². The van der Waals surface area contributed by atoms with Gasteiger partial charge in [-0.05, 0) is 48.0 Å². The molecule has 1 amide bonds. The fourth-order valence-corrected chi connectivity index (χ4v) is 3.52. The molecule has 7 heteroatoms. The number of likely N-dealkylation sites (tertiary alicyclic amines) is 1. The predicted octanol–water partition coefficient (Wildman–Crippen LogP) is 3.86. The van der Waals surface area contributed by atoms with Crippen LogP contribution in [0.15, 0.2) is 89.8 Å². The van der Waals surface area contributed by atoms with E-state index in [1.165, 1.54) is 11.2 Å². The van der Waals surface area contributed by atoms with Gasteiger partial charge in [-0.25, -0.2) is 0 Å². The molecular weight excluding hydrogens is 396 g/mol. The molecule has 0 radical (unpaired) electrons. The van der Waals surface area contributed by atoms with E-state index < -0.39 is 17.7 Å². The fraction of sp³-hybridized carbons (Fsp3) is 0.125. The molecule has 1 aliphatic rings. The molecule has 4 rings (SSSR count). The number of ketones is 1. The number of ether oxygens (including phenoxy) is 1. The highest BCUT2D eigenvalue weighted by molar-refractivity contribution is 6.46. The summed E-state index contributed by atoms with van der Waals surface area (Å²) >= 11 is 0. The third kappa shape index (κ3) is 3.98. The van der Waals surface area contributed by atoms with Crippen molar-refractivity contribution in [2.75, 3.05) is 6.61 Å². The van der Waals surface area contributed by atoms with E-state index in [-0.39, 0.29) is 17.9 Å². The molecule has 0 saturated carbocycles. The van der Waals surface area contributed by atoms with Crippen LogP contribution in [0.5, 0.6) is 5.75 Å². The summed E-state index contributed by atoms with van der Waals surface area (Å²) in [4.78, 5) is 31.3. The lowest BCUT2D eigenvalue weighted by molar-refractivity contribution is -0.140. The minimum atomic E-state index is -0.796. The summed E-state index contributed by atoms with van der Waals surface area (Å²) in [6, 6.07) is 12.7. The highest BCUT2D eigenvalue weighted by Crippen LogP contribution is 2.40. The Hall–Kier alpha value is -4.13. The van der Waals surface area contributed by atoms with Crippen molar-refractivity contribution in [3.63, 3.8) is 0 Å². The first-order chi connectivity index (χ1) is 15.1. The van der Waals surface area contributed by atoms with E-state index in [9.17, 15) is 14.7 Å². The van der Waals surface area contributed by atoms with Crippen molar-refractivity contribution in [3.05, 3.63) is 102 Å².